The zero-order chi connectivity index (χ0) is 9.35. The Morgan fingerprint density at radius 1 is 1.67 bits per heavy atom. The number of ether oxygens (including phenoxy) is 1. The molecule has 0 saturated carbocycles. The predicted molar refractivity (Wildman–Crippen MR) is 40.4 cm³/mol. The third kappa shape index (κ3) is 1.82. The molecule has 0 spiro atoms. The zero-order valence-electron chi connectivity index (χ0n) is 7.16. The van der Waals surface area contributed by atoms with E-state index in [0.29, 0.717) is 6.42 Å². The first kappa shape index (κ1) is 9.19. The van der Waals surface area contributed by atoms with E-state index < -0.39 is 17.5 Å². The summed E-state index contributed by atoms with van der Waals surface area (Å²) in [7, 11) is 0. The molecule has 68 valence electrons. The lowest BCUT2D eigenvalue weighted by Gasteiger charge is -2.18. The summed E-state index contributed by atoms with van der Waals surface area (Å²) in [5.41, 5.74) is -1.41. The fourth-order valence-corrected chi connectivity index (χ4v) is 1.10. The highest BCUT2D eigenvalue weighted by Gasteiger charge is 2.37. The summed E-state index contributed by atoms with van der Waals surface area (Å²) in [6.45, 7) is 2.78. The van der Waals surface area contributed by atoms with E-state index in [-0.39, 0.29) is 12.4 Å². The minimum absolute atomic E-state index is 0.270. The van der Waals surface area contributed by atoms with Crippen molar-refractivity contribution in [1.29, 1.82) is 0 Å². The second-order valence-corrected chi connectivity index (χ2v) is 3.44. The molecule has 12 heavy (non-hydrogen) atoms. The van der Waals surface area contributed by atoms with Crippen LogP contribution in [0.4, 0.5) is 0 Å². The summed E-state index contributed by atoms with van der Waals surface area (Å²) in [6, 6.07) is 0. The highest BCUT2D eigenvalue weighted by Crippen LogP contribution is 2.19. The maximum absolute atomic E-state index is 11.3. The van der Waals surface area contributed by atoms with Gasteiger partial charge in [0.1, 0.15) is 5.60 Å². The summed E-state index contributed by atoms with van der Waals surface area (Å²) >= 11 is 0. The number of ketones is 1. The van der Waals surface area contributed by atoms with Gasteiger partial charge in [0.25, 0.3) is 0 Å². The Morgan fingerprint density at radius 3 is 2.58 bits per heavy atom. The van der Waals surface area contributed by atoms with Gasteiger partial charge in [0.15, 0.2) is 6.10 Å². The van der Waals surface area contributed by atoms with Gasteiger partial charge in [-0.1, -0.05) is 0 Å². The van der Waals surface area contributed by atoms with Crippen LogP contribution in [0.25, 0.3) is 0 Å². The Labute approximate surface area is 70.5 Å². The van der Waals surface area contributed by atoms with Gasteiger partial charge in [-0.05, 0) is 13.8 Å². The van der Waals surface area contributed by atoms with Crippen LogP contribution in [0.3, 0.4) is 0 Å². The number of aliphatic hydroxyl groups is 1. The Bertz CT molecular complexity index is 214. The summed E-state index contributed by atoms with van der Waals surface area (Å²) in [6.07, 6.45) is -0.0776. The maximum atomic E-state index is 11.3. The van der Waals surface area contributed by atoms with Gasteiger partial charge >= 0.3 is 5.97 Å². The smallest absolute Gasteiger partial charge is 0.306 e. The number of rotatable bonds is 2. The second-order valence-electron chi connectivity index (χ2n) is 3.44. The molecule has 1 aliphatic rings. The number of hydrogen-bond donors (Lipinski definition) is 1. The number of cyclic esters (lactones) is 1. The first-order valence-corrected chi connectivity index (χ1v) is 3.87. The molecule has 0 radical (unpaired) electrons. The lowest BCUT2D eigenvalue weighted by Crippen LogP contribution is -2.39. The fraction of sp³-hybridized carbons (Fsp3) is 0.750. The molecule has 1 saturated heterocycles. The molecule has 0 aromatic rings. The highest BCUT2D eigenvalue weighted by atomic mass is 16.6. The van der Waals surface area contributed by atoms with Crippen molar-refractivity contribution >= 4 is 11.8 Å². The fourth-order valence-electron chi connectivity index (χ4n) is 1.10. The molecule has 0 amide bonds. The van der Waals surface area contributed by atoms with E-state index in [1.54, 1.807) is 0 Å². The SMILES string of the molecule is CC(C)(O)C(=O)C1CCC(=O)O1. The van der Waals surface area contributed by atoms with Gasteiger partial charge in [-0.3, -0.25) is 9.59 Å². The predicted octanol–water partition coefficient (Wildman–Crippen LogP) is 0.0320. The Hall–Kier alpha value is -0.900. The molecular formula is C8H12O4. The third-order valence-corrected chi connectivity index (χ3v) is 1.78. The average Bonchev–Trinajstić information content (AvgIpc) is 2.32. The van der Waals surface area contributed by atoms with Crippen molar-refractivity contribution in [3.05, 3.63) is 0 Å². The summed E-state index contributed by atoms with van der Waals surface area (Å²) in [5, 5.41) is 9.29. The van der Waals surface area contributed by atoms with Gasteiger partial charge in [0, 0.05) is 12.8 Å². The van der Waals surface area contributed by atoms with Crippen LogP contribution in [0.2, 0.25) is 0 Å². The first-order valence-electron chi connectivity index (χ1n) is 3.87. The van der Waals surface area contributed by atoms with Gasteiger partial charge in [-0.2, -0.15) is 0 Å². The van der Waals surface area contributed by atoms with Crippen molar-refractivity contribution in [3.63, 3.8) is 0 Å². The average molecular weight is 172 g/mol. The molecule has 0 bridgehead atoms. The number of hydrogen-bond acceptors (Lipinski definition) is 4. The van der Waals surface area contributed by atoms with Crippen LogP contribution >= 0.6 is 0 Å². The largest absolute Gasteiger partial charge is 0.454 e. The minimum Gasteiger partial charge on any atom is -0.454 e. The molecule has 0 aromatic heterocycles. The molecule has 1 atom stereocenters. The molecule has 1 aliphatic heterocycles. The van der Waals surface area contributed by atoms with Crippen molar-refractivity contribution in [1.82, 2.24) is 0 Å². The quantitative estimate of drug-likeness (QED) is 0.597. The van der Waals surface area contributed by atoms with Crippen molar-refractivity contribution in [2.75, 3.05) is 0 Å². The van der Waals surface area contributed by atoms with E-state index >= 15 is 0 Å². The highest BCUT2D eigenvalue weighted by molar-refractivity contribution is 5.93. The van der Waals surface area contributed by atoms with Crippen LogP contribution in [0.15, 0.2) is 0 Å². The van der Waals surface area contributed by atoms with Crippen LogP contribution < -0.4 is 0 Å². The zero-order valence-corrected chi connectivity index (χ0v) is 7.16. The number of carbonyl (C=O) groups excluding carboxylic acids is 2. The van der Waals surface area contributed by atoms with Crippen LogP contribution in [-0.4, -0.2) is 28.6 Å². The Kier molecular flexibility index (Phi) is 2.19. The number of esters is 1. The lowest BCUT2D eigenvalue weighted by atomic mass is 9.97. The van der Waals surface area contributed by atoms with E-state index in [4.69, 9.17) is 4.74 Å². The first-order chi connectivity index (χ1) is 5.41. The number of carbonyl (C=O) groups is 2. The van der Waals surface area contributed by atoms with Crippen LogP contribution in [0.1, 0.15) is 26.7 Å². The topological polar surface area (TPSA) is 63.6 Å². The molecule has 1 unspecified atom stereocenters. The second kappa shape index (κ2) is 2.86. The molecular weight excluding hydrogens is 160 g/mol. The monoisotopic (exact) mass is 172 g/mol. The molecule has 1 N–H and O–H groups in total. The molecule has 4 heteroatoms. The van der Waals surface area contributed by atoms with Gasteiger partial charge in [0.2, 0.25) is 5.78 Å². The van der Waals surface area contributed by atoms with Crippen molar-refractivity contribution in [2.24, 2.45) is 0 Å². The summed E-state index contributed by atoms with van der Waals surface area (Å²) in [5.74, 6) is -0.786. The molecule has 1 heterocycles. The maximum Gasteiger partial charge on any atom is 0.306 e. The third-order valence-electron chi connectivity index (χ3n) is 1.78. The Morgan fingerprint density at radius 2 is 2.25 bits per heavy atom. The molecule has 1 rings (SSSR count). The number of Topliss-reactive ketones (excluding diaryl/α,β-unsaturated/α-hetero) is 1. The van der Waals surface area contributed by atoms with Crippen LogP contribution in [0.5, 0.6) is 0 Å². The Balaban J connectivity index is 2.61. The molecule has 0 aromatic carbocycles. The minimum atomic E-state index is -1.41. The molecule has 0 aliphatic carbocycles. The van der Waals surface area contributed by atoms with Crippen molar-refractivity contribution in [3.8, 4) is 0 Å². The standard InChI is InChI=1S/C8H12O4/c1-8(2,11)7(10)5-3-4-6(9)12-5/h5,11H,3-4H2,1-2H3. The normalized spacial score (nSPS) is 23.9. The lowest BCUT2D eigenvalue weighted by molar-refractivity contribution is -0.154. The molecule has 4 nitrogen and oxygen atoms in total. The van der Waals surface area contributed by atoms with Crippen molar-refractivity contribution < 1.29 is 19.4 Å². The summed E-state index contributed by atoms with van der Waals surface area (Å²) < 4.78 is 4.70. The van der Waals surface area contributed by atoms with Crippen LogP contribution in [0, 0.1) is 0 Å². The van der Waals surface area contributed by atoms with Gasteiger partial charge < -0.3 is 9.84 Å². The molecule has 1 fully saturated rings. The van der Waals surface area contributed by atoms with E-state index in [2.05, 4.69) is 0 Å². The van der Waals surface area contributed by atoms with Gasteiger partial charge in [0.05, 0.1) is 0 Å². The van der Waals surface area contributed by atoms with E-state index in [0.717, 1.165) is 0 Å². The van der Waals surface area contributed by atoms with Gasteiger partial charge in [-0.25, -0.2) is 0 Å². The summed E-state index contributed by atoms with van der Waals surface area (Å²) in [4.78, 5) is 21.9. The van der Waals surface area contributed by atoms with E-state index in [1.165, 1.54) is 13.8 Å². The van der Waals surface area contributed by atoms with E-state index in [9.17, 15) is 14.7 Å². The van der Waals surface area contributed by atoms with Gasteiger partial charge in [-0.15, -0.1) is 0 Å². The van der Waals surface area contributed by atoms with Crippen LogP contribution in [-0.2, 0) is 14.3 Å². The van der Waals surface area contributed by atoms with Crippen molar-refractivity contribution in [2.45, 2.75) is 38.4 Å². The van der Waals surface area contributed by atoms with E-state index in [1.807, 2.05) is 0 Å².